The first-order valence-corrected chi connectivity index (χ1v) is 10.6. The molecule has 0 bridgehead atoms. The Morgan fingerprint density at radius 2 is 1.62 bits per heavy atom. The first kappa shape index (κ1) is 24.2. The average Bonchev–Trinajstić information content (AvgIpc) is 2.65. The second-order valence-corrected chi connectivity index (χ2v) is 9.72. The summed E-state index contributed by atoms with van der Waals surface area (Å²) in [6.07, 6.45) is 0. The molecule has 2 aromatic rings. The molecule has 4 nitrogen and oxygen atoms in total. The zero-order chi connectivity index (χ0) is 21.5. The van der Waals surface area contributed by atoms with E-state index < -0.39 is 0 Å². The van der Waals surface area contributed by atoms with Gasteiger partial charge in [-0.1, -0.05) is 31.5 Å². The maximum absolute atomic E-state index is 6.13. The number of halogens is 1. The van der Waals surface area contributed by atoms with Crippen molar-refractivity contribution in [3.63, 3.8) is 0 Å². The van der Waals surface area contributed by atoms with Gasteiger partial charge in [-0.05, 0) is 68.2 Å². The minimum absolute atomic E-state index is 0.0905. The van der Waals surface area contributed by atoms with E-state index in [9.17, 15) is 0 Å². The summed E-state index contributed by atoms with van der Waals surface area (Å²) >= 11 is 5.94. The summed E-state index contributed by atoms with van der Waals surface area (Å²) < 4.78 is 23.0. The molecule has 0 saturated carbocycles. The van der Waals surface area contributed by atoms with Gasteiger partial charge in [0, 0.05) is 16.8 Å². The molecule has 0 aliphatic heterocycles. The number of rotatable bonds is 11. The lowest BCUT2D eigenvalue weighted by Crippen LogP contribution is -2.45. The van der Waals surface area contributed by atoms with E-state index in [1.807, 2.05) is 37.3 Å². The Kier molecular flexibility index (Phi) is 9.00. The van der Waals surface area contributed by atoms with Crippen LogP contribution in [0.4, 0.5) is 0 Å². The molecule has 0 aliphatic rings. The fourth-order valence-corrected chi connectivity index (χ4v) is 2.37. The van der Waals surface area contributed by atoms with Crippen LogP contribution in [0.15, 0.2) is 42.5 Å². The van der Waals surface area contributed by atoms with Gasteiger partial charge < -0.3 is 18.9 Å². The molecule has 0 saturated heterocycles. The highest BCUT2D eigenvalue weighted by atomic mass is 35.5. The molecule has 0 aromatic heterocycles. The third-order valence-corrected chi connectivity index (χ3v) is 5.77. The highest BCUT2D eigenvalue weighted by molar-refractivity contribution is 7.19. The molecular weight excluding hydrogens is 405 g/mol. The Hall–Kier alpha value is -1.10. The van der Waals surface area contributed by atoms with Crippen molar-refractivity contribution in [1.29, 1.82) is 0 Å². The summed E-state index contributed by atoms with van der Waals surface area (Å²) in [5.41, 5.74) is 1.53. The van der Waals surface area contributed by atoms with Gasteiger partial charge in [-0.3, -0.25) is 0 Å². The molecule has 0 aliphatic carbocycles. The van der Waals surface area contributed by atoms with Crippen molar-refractivity contribution in [2.75, 3.05) is 13.4 Å². The van der Waals surface area contributed by atoms with Gasteiger partial charge >= 0.3 is 7.48 Å². The third kappa shape index (κ3) is 7.59. The standard InChI is InChI=1S/C22H30BClO4P/c1-6-25-15-26-14-16-13-19(27-18-9-7-17(24)8-10-18)11-12-20(16)23-28-21(2,3)22(4,5)29/h7-13H,6,14-15,29H2,1-5H3. The minimum Gasteiger partial charge on any atom is -0.457 e. The van der Waals surface area contributed by atoms with Crippen molar-refractivity contribution in [1.82, 2.24) is 0 Å². The zero-order valence-corrected chi connectivity index (χ0v) is 19.7. The predicted octanol–water partition coefficient (Wildman–Crippen LogP) is 5.34. The van der Waals surface area contributed by atoms with Crippen molar-refractivity contribution in [2.24, 2.45) is 0 Å². The molecule has 2 aromatic carbocycles. The Labute approximate surface area is 182 Å². The maximum atomic E-state index is 6.13. The van der Waals surface area contributed by atoms with Crippen LogP contribution in [0.3, 0.4) is 0 Å². The van der Waals surface area contributed by atoms with E-state index in [0.29, 0.717) is 24.0 Å². The highest BCUT2D eigenvalue weighted by Crippen LogP contribution is 2.33. The lowest BCUT2D eigenvalue weighted by Gasteiger charge is -2.39. The monoisotopic (exact) mass is 435 g/mol. The second kappa shape index (κ2) is 10.8. The summed E-state index contributed by atoms with van der Waals surface area (Å²) in [6.45, 7) is 11.6. The fourth-order valence-electron chi connectivity index (χ4n) is 2.18. The van der Waals surface area contributed by atoms with E-state index in [4.69, 9.17) is 30.5 Å². The SMILES string of the molecule is CCOCOCc1cc(Oc2ccc(Cl)cc2)ccc1[B]OC(C)(C)C(C)(C)P. The van der Waals surface area contributed by atoms with E-state index in [2.05, 4.69) is 36.9 Å². The Morgan fingerprint density at radius 1 is 0.966 bits per heavy atom. The fraction of sp³-hybridized carbons (Fsp3) is 0.455. The molecule has 2 rings (SSSR count). The molecule has 0 spiro atoms. The van der Waals surface area contributed by atoms with E-state index in [-0.39, 0.29) is 17.6 Å². The third-order valence-electron chi connectivity index (χ3n) is 4.82. The highest BCUT2D eigenvalue weighted by Gasteiger charge is 2.33. The first-order chi connectivity index (χ1) is 13.6. The van der Waals surface area contributed by atoms with Crippen LogP contribution in [-0.2, 0) is 20.7 Å². The molecule has 0 N–H and O–H groups in total. The van der Waals surface area contributed by atoms with E-state index in [0.717, 1.165) is 16.8 Å². The van der Waals surface area contributed by atoms with Crippen molar-refractivity contribution in [2.45, 2.75) is 52.0 Å². The van der Waals surface area contributed by atoms with Gasteiger partial charge in [-0.15, -0.1) is 9.24 Å². The zero-order valence-electron chi connectivity index (χ0n) is 17.8. The summed E-state index contributed by atoms with van der Waals surface area (Å²) in [6, 6.07) is 13.1. The molecule has 0 amide bonds. The predicted molar refractivity (Wildman–Crippen MR) is 124 cm³/mol. The Bertz CT molecular complexity index is 775. The van der Waals surface area contributed by atoms with Gasteiger partial charge in [0.1, 0.15) is 18.3 Å². The van der Waals surface area contributed by atoms with E-state index in [1.54, 1.807) is 19.6 Å². The molecule has 1 atom stereocenters. The molecular formula is C22H30BClO4P. The Balaban J connectivity index is 2.16. The van der Waals surface area contributed by atoms with Crippen LogP contribution in [0.25, 0.3) is 0 Å². The lowest BCUT2D eigenvalue weighted by molar-refractivity contribution is -0.0570. The van der Waals surface area contributed by atoms with Crippen LogP contribution in [0.5, 0.6) is 11.5 Å². The smallest absolute Gasteiger partial charge is 0.331 e. The van der Waals surface area contributed by atoms with Crippen LogP contribution in [0.2, 0.25) is 5.02 Å². The van der Waals surface area contributed by atoms with Gasteiger partial charge in [-0.25, -0.2) is 0 Å². The number of hydrogen-bond donors (Lipinski definition) is 0. The van der Waals surface area contributed by atoms with Gasteiger partial charge in [0.25, 0.3) is 0 Å². The molecule has 0 fully saturated rings. The molecule has 0 heterocycles. The molecule has 29 heavy (non-hydrogen) atoms. The molecule has 7 heteroatoms. The molecule has 157 valence electrons. The van der Waals surface area contributed by atoms with Crippen LogP contribution in [0, 0.1) is 0 Å². The van der Waals surface area contributed by atoms with E-state index in [1.165, 1.54) is 0 Å². The van der Waals surface area contributed by atoms with Gasteiger partial charge in [0.2, 0.25) is 0 Å². The minimum atomic E-state index is -0.362. The summed E-state index contributed by atoms with van der Waals surface area (Å²) in [4.78, 5) is 0. The number of hydrogen-bond acceptors (Lipinski definition) is 4. The van der Waals surface area contributed by atoms with Crippen LogP contribution >= 0.6 is 20.8 Å². The summed E-state index contributed by atoms with van der Waals surface area (Å²) in [5.74, 6) is 1.43. The maximum Gasteiger partial charge on any atom is 0.331 e. The quantitative estimate of drug-likeness (QED) is 0.207. The van der Waals surface area contributed by atoms with E-state index >= 15 is 0 Å². The normalized spacial score (nSPS) is 12.1. The number of benzene rings is 2. The molecule has 1 radical (unpaired) electrons. The van der Waals surface area contributed by atoms with Crippen LogP contribution < -0.4 is 10.2 Å². The van der Waals surface area contributed by atoms with Crippen molar-refractivity contribution >= 4 is 33.8 Å². The topological polar surface area (TPSA) is 36.9 Å². The van der Waals surface area contributed by atoms with Crippen LogP contribution in [0.1, 0.15) is 40.2 Å². The lowest BCUT2D eigenvalue weighted by atomic mass is 9.81. The Morgan fingerprint density at radius 3 is 2.24 bits per heavy atom. The van der Waals surface area contributed by atoms with Gasteiger partial charge in [-0.2, -0.15) is 0 Å². The summed E-state index contributed by atoms with van der Waals surface area (Å²) in [7, 11) is 4.63. The second-order valence-electron chi connectivity index (χ2n) is 7.84. The van der Waals surface area contributed by atoms with Gasteiger partial charge in [0.15, 0.2) is 0 Å². The van der Waals surface area contributed by atoms with Crippen molar-refractivity contribution in [3.05, 3.63) is 53.1 Å². The summed E-state index contributed by atoms with van der Waals surface area (Å²) in [5, 5.41) is 0.580. The van der Waals surface area contributed by atoms with Crippen molar-refractivity contribution in [3.8, 4) is 11.5 Å². The first-order valence-electron chi connectivity index (χ1n) is 9.64. The number of ether oxygens (including phenoxy) is 3. The van der Waals surface area contributed by atoms with Crippen molar-refractivity contribution < 1.29 is 18.9 Å². The largest absolute Gasteiger partial charge is 0.457 e. The molecule has 1 unspecified atom stereocenters. The van der Waals surface area contributed by atoms with Crippen LogP contribution in [-0.4, -0.2) is 31.6 Å². The van der Waals surface area contributed by atoms with Gasteiger partial charge in [0.05, 0.1) is 12.2 Å². The average molecular weight is 436 g/mol.